The highest BCUT2D eigenvalue weighted by Gasteiger charge is 1.74. The van der Waals surface area contributed by atoms with Crippen molar-refractivity contribution in [2.75, 3.05) is 0 Å². The zero-order valence-electron chi connectivity index (χ0n) is 7.09. The molecule has 0 aromatic rings. The van der Waals surface area contributed by atoms with Gasteiger partial charge in [0.15, 0.2) is 0 Å². The molecule has 0 bridgehead atoms. The lowest BCUT2D eigenvalue weighted by atomic mass is 10.2. The largest absolute Gasteiger partial charge is 0.0877 e. The number of hydrogen-bond donors (Lipinski definition) is 0. The van der Waals surface area contributed by atoms with Gasteiger partial charge in [-0.1, -0.05) is 50.3 Å². The van der Waals surface area contributed by atoms with E-state index in [1.165, 1.54) is 5.57 Å². The fourth-order valence-corrected chi connectivity index (χ4v) is 0.607. The molecular formula is C11H20. The zero-order chi connectivity index (χ0) is 7.82. The van der Waals surface area contributed by atoms with Gasteiger partial charge in [-0.05, 0) is 20.3 Å². The molecule has 0 rings (SSSR count). The normalized spacial score (nSPS) is 12.5. The molecule has 0 spiro atoms. The molecular weight excluding hydrogens is 132 g/mol. The Labute approximate surface area is 71.3 Å². The van der Waals surface area contributed by atoms with Crippen molar-refractivity contribution >= 4 is 0 Å². The summed E-state index contributed by atoms with van der Waals surface area (Å²) in [6, 6.07) is 0. The van der Waals surface area contributed by atoms with Gasteiger partial charge in [0.1, 0.15) is 0 Å². The Hall–Kier alpha value is -0.780. The third kappa shape index (κ3) is 9.22. The molecule has 0 N–H and O–H groups in total. The molecule has 0 fully saturated rings. The second-order valence-corrected chi connectivity index (χ2v) is 2.25. The number of allylic oxidation sites excluding steroid dienone is 6. The van der Waals surface area contributed by atoms with Gasteiger partial charge >= 0.3 is 0 Å². The highest BCUT2D eigenvalue weighted by Crippen LogP contribution is 1.95. The van der Waals surface area contributed by atoms with Crippen LogP contribution in [0.3, 0.4) is 0 Å². The molecule has 0 saturated carbocycles. The van der Waals surface area contributed by atoms with Gasteiger partial charge in [0.25, 0.3) is 0 Å². The first kappa shape index (κ1) is 12.9. The first-order valence-electron chi connectivity index (χ1n) is 3.77. The maximum atomic E-state index is 2.16. The molecule has 0 amide bonds. The molecule has 0 heterocycles. The van der Waals surface area contributed by atoms with E-state index in [1.54, 1.807) is 0 Å². The minimum atomic E-state index is 0. The monoisotopic (exact) mass is 152 g/mol. The van der Waals surface area contributed by atoms with Gasteiger partial charge in [-0.15, -0.1) is 0 Å². The summed E-state index contributed by atoms with van der Waals surface area (Å²) in [5, 5.41) is 0. The van der Waals surface area contributed by atoms with Crippen LogP contribution in [0.4, 0.5) is 0 Å². The molecule has 0 aliphatic rings. The van der Waals surface area contributed by atoms with Crippen LogP contribution in [-0.4, -0.2) is 0 Å². The SMILES string of the molecule is C.C/C=C/C=C(C)\C=C/CC. The van der Waals surface area contributed by atoms with Gasteiger partial charge in [0.05, 0.1) is 0 Å². The van der Waals surface area contributed by atoms with E-state index in [2.05, 4.69) is 38.2 Å². The van der Waals surface area contributed by atoms with E-state index in [4.69, 9.17) is 0 Å². The summed E-state index contributed by atoms with van der Waals surface area (Å²) in [6.45, 7) is 6.26. The highest BCUT2D eigenvalue weighted by molar-refractivity contribution is 5.20. The van der Waals surface area contributed by atoms with E-state index in [1.807, 2.05) is 13.0 Å². The van der Waals surface area contributed by atoms with Gasteiger partial charge in [-0.25, -0.2) is 0 Å². The van der Waals surface area contributed by atoms with Crippen molar-refractivity contribution in [1.29, 1.82) is 0 Å². The van der Waals surface area contributed by atoms with Gasteiger partial charge in [-0.2, -0.15) is 0 Å². The molecule has 0 aromatic carbocycles. The molecule has 0 aliphatic heterocycles. The quantitative estimate of drug-likeness (QED) is 0.534. The molecule has 0 atom stereocenters. The lowest BCUT2D eigenvalue weighted by molar-refractivity contribution is 1.22. The molecule has 0 aliphatic carbocycles. The third-order valence-electron chi connectivity index (χ3n) is 1.17. The third-order valence-corrected chi connectivity index (χ3v) is 1.17. The Kier molecular flexibility index (Phi) is 10.8. The minimum Gasteiger partial charge on any atom is -0.0877 e. The second-order valence-electron chi connectivity index (χ2n) is 2.25. The molecule has 0 saturated heterocycles. The smallest absolute Gasteiger partial charge is 0.0376 e. The number of rotatable bonds is 3. The Morgan fingerprint density at radius 1 is 1.36 bits per heavy atom. The molecule has 64 valence electrons. The average Bonchev–Trinajstić information content (AvgIpc) is 1.97. The van der Waals surface area contributed by atoms with E-state index in [0.717, 1.165) is 6.42 Å². The van der Waals surface area contributed by atoms with Crippen LogP contribution in [0.25, 0.3) is 0 Å². The topological polar surface area (TPSA) is 0 Å². The summed E-state index contributed by atoms with van der Waals surface area (Å²) in [5.74, 6) is 0. The fraction of sp³-hybridized carbons (Fsp3) is 0.455. The second kappa shape index (κ2) is 9.22. The molecule has 0 nitrogen and oxygen atoms in total. The van der Waals surface area contributed by atoms with Crippen LogP contribution in [0.2, 0.25) is 0 Å². The van der Waals surface area contributed by atoms with Gasteiger partial charge in [0, 0.05) is 0 Å². The Morgan fingerprint density at radius 2 is 2.00 bits per heavy atom. The van der Waals surface area contributed by atoms with Crippen LogP contribution in [0, 0.1) is 0 Å². The lowest BCUT2D eigenvalue weighted by Gasteiger charge is -1.85. The summed E-state index contributed by atoms with van der Waals surface area (Å²) >= 11 is 0. The van der Waals surface area contributed by atoms with Crippen LogP contribution in [0.1, 0.15) is 34.6 Å². The summed E-state index contributed by atoms with van der Waals surface area (Å²) in [7, 11) is 0. The van der Waals surface area contributed by atoms with Crippen molar-refractivity contribution < 1.29 is 0 Å². The maximum absolute atomic E-state index is 2.16. The van der Waals surface area contributed by atoms with E-state index in [0.29, 0.717) is 0 Å². The van der Waals surface area contributed by atoms with Crippen LogP contribution >= 0.6 is 0 Å². The van der Waals surface area contributed by atoms with E-state index in [9.17, 15) is 0 Å². The van der Waals surface area contributed by atoms with Crippen molar-refractivity contribution in [2.24, 2.45) is 0 Å². The molecule has 11 heavy (non-hydrogen) atoms. The van der Waals surface area contributed by atoms with Gasteiger partial charge in [-0.3, -0.25) is 0 Å². The van der Waals surface area contributed by atoms with E-state index in [-0.39, 0.29) is 7.43 Å². The van der Waals surface area contributed by atoms with E-state index < -0.39 is 0 Å². The molecule has 0 aromatic heterocycles. The van der Waals surface area contributed by atoms with Crippen molar-refractivity contribution in [3.8, 4) is 0 Å². The molecule has 0 unspecified atom stereocenters. The van der Waals surface area contributed by atoms with Gasteiger partial charge in [0.2, 0.25) is 0 Å². The van der Waals surface area contributed by atoms with Crippen molar-refractivity contribution in [2.45, 2.75) is 34.6 Å². The van der Waals surface area contributed by atoms with Gasteiger partial charge < -0.3 is 0 Å². The molecule has 0 heteroatoms. The molecule has 0 radical (unpaired) electrons. The first-order chi connectivity index (χ1) is 4.81. The Balaban J connectivity index is 0. The fourth-order valence-electron chi connectivity index (χ4n) is 0.607. The maximum Gasteiger partial charge on any atom is -0.0376 e. The highest BCUT2D eigenvalue weighted by atomic mass is 13.8. The van der Waals surface area contributed by atoms with Crippen LogP contribution < -0.4 is 0 Å². The average molecular weight is 152 g/mol. The van der Waals surface area contributed by atoms with Crippen molar-refractivity contribution in [1.82, 2.24) is 0 Å². The number of hydrogen-bond acceptors (Lipinski definition) is 0. The predicted molar refractivity (Wildman–Crippen MR) is 54.7 cm³/mol. The summed E-state index contributed by atoms with van der Waals surface area (Å²) in [6.07, 6.45) is 11.6. The van der Waals surface area contributed by atoms with Crippen LogP contribution in [0.5, 0.6) is 0 Å². The Bertz CT molecular complexity index is 147. The summed E-state index contributed by atoms with van der Waals surface area (Å²) in [5.41, 5.74) is 1.31. The van der Waals surface area contributed by atoms with Crippen molar-refractivity contribution in [3.63, 3.8) is 0 Å². The van der Waals surface area contributed by atoms with Crippen molar-refractivity contribution in [3.05, 3.63) is 36.0 Å². The lowest BCUT2D eigenvalue weighted by Crippen LogP contribution is -1.64. The predicted octanol–water partition coefficient (Wildman–Crippen LogP) is 4.11. The first-order valence-corrected chi connectivity index (χ1v) is 3.77. The van der Waals surface area contributed by atoms with Crippen LogP contribution in [-0.2, 0) is 0 Å². The Morgan fingerprint density at radius 3 is 2.45 bits per heavy atom. The minimum absolute atomic E-state index is 0. The van der Waals surface area contributed by atoms with E-state index >= 15 is 0 Å². The standard InChI is InChI=1S/C10H16.CH4/c1-4-6-8-10(3)9-7-5-2;/h4,6-9H,5H2,1-3H3;1H4/b6-4+,9-7-,10-8-;. The van der Waals surface area contributed by atoms with Crippen LogP contribution in [0.15, 0.2) is 36.0 Å². The zero-order valence-corrected chi connectivity index (χ0v) is 7.09. The summed E-state index contributed by atoms with van der Waals surface area (Å²) < 4.78 is 0. The summed E-state index contributed by atoms with van der Waals surface area (Å²) in [4.78, 5) is 0.